The van der Waals surface area contributed by atoms with Crippen LogP contribution in [0.15, 0.2) is 23.1 Å². The van der Waals surface area contributed by atoms with Crippen molar-refractivity contribution in [2.24, 2.45) is 0 Å². The lowest BCUT2D eigenvalue weighted by Gasteiger charge is -2.09. The van der Waals surface area contributed by atoms with Crippen molar-refractivity contribution < 1.29 is 13.2 Å². The summed E-state index contributed by atoms with van der Waals surface area (Å²) in [5, 5.41) is 5.83. The van der Waals surface area contributed by atoms with E-state index in [2.05, 4.69) is 10.6 Å². The number of hydrogen-bond acceptors (Lipinski definition) is 4. The molecule has 2 N–H and O–H groups in total. The zero-order chi connectivity index (χ0) is 14.5. The maximum absolute atomic E-state index is 11.6. The molecule has 0 radical (unpaired) electrons. The van der Waals surface area contributed by atoms with Gasteiger partial charge in [0.25, 0.3) is 0 Å². The summed E-state index contributed by atoms with van der Waals surface area (Å²) < 4.78 is 22.8. The summed E-state index contributed by atoms with van der Waals surface area (Å²) in [5.74, 6) is -0.263. The average Bonchev–Trinajstić information content (AvgIpc) is 2.31. The van der Waals surface area contributed by atoms with Gasteiger partial charge in [0.2, 0.25) is 5.91 Å². The van der Waals surface area contributed by atoms with E-state index in [-0.39, 0.29) is 17.3 Å². The van der Waals surface area contributed by atoms with Gasteiger partial charge in [0.05, 0.1) is 22.2 Å². The Labute approximate surface area is 118 Å². The summed E-state index contributed by atoms with van der Waals surface area (Å²) in [7, 11) is -3.32. The van der Waals surface area contributed by atoms with Gasteiger partial charge in [-0.05, 0) is 31.2 Å². The van der Waals surface area contributed by atoms with Crippen LogP contribution >= 0.6 is 11.6 Å². The molecule has 0 fully saturated rings. The van der Waals surface area contributed by atoms with Gasteiger partial charge in [0.1, 0.15) is 0 Å². The smallest absolute Gasteiger partial charge is 0.238 e. The number of nitrogens with one attached hydrogen (secondary N) is 2. The minimum absolute atomic E-state index is 0.119. The number of sulfone groups is 1. The Morgan fingerprint density at radius 3 is 2.63 bits per heavy atom. The van der Waals surface area contributed by atoms with Crippen LogP contribution in [0.5, 0.6) is 0 Å². The van der Waals surface area contributed by atoms with Crippen molar-refractivity contribution in [3.63, 3.8) is 0 Å². The van der Waals surface area contributed by atoms with Crippen molar-refractivity contribution in [3.8, 4) is 0 Å². The Morgan fingerprint density at radius 2 is 2.05 bits per heavy atom. The molecule has 0 bridgehead atoms. The molecule has 5 nitrogen and oxygen atoms in total. The second-order valence-corrected chi connectivity index (χ2v) is 6.56. The maximum Gasteiger partial charge on any atom is 0.238 e. The monoisotopic (exact) mass is 304 g/mol. The molecule has 0 unspecified atom stereocenters. The van der Waals surface area contributed by atoms with E-state index in [1.54, 1.807) is 0 Å². The standard InChI is InChI=1S/C12H17ClN2O3S/c1-3-6-14-8-12(16)15-11-7-9(19(2,17)18)4-5-10(11)13/h4-5,7,14H,3,6,8H2,1-2H3,(H,15,16). The molecule has 0 aliphatic rings. The van der Waals surface area contributed by atoms with Gasteiger partial charge in [0, 0.05) is 6.26 Å². The second-order valence-electron chi connectivity index (χ2n) is 4.14. The van der Waals surface area contributed by atoms with Crippen molar-refractivity contribution in [1.82, 2.24) is 5.32 Å². The molecule has 7 heteroatoms. The molecule has 1 aromatic rings. The van der Waals surface area contributed by atoms with E-state index in [0.717, 1.165) is 19.2 Å². The SMILES string of the molecule is CCCNCC(=O)Nc1cc(S(C)(=O)=O)ccc1Cl. The van der Waals surface area contributed by atoms with Crippen molar-refractivity contribution in [2.75, 3.05) is 24.7 Å². The van der Waals surface area contributed by atoms with Crippen molar-refractivity contribution in [1.29, 1.82) is 0 Å². The van der Waals surface area contributed by atoms with E-state index in [9.17, 15) is 13.2 Å². The number of carbonyl (C=O) groups excluding carboxylic acids is 1. The Hall–Kier alpha value is -1.11. The van der Waals surface area contributed by atoms with Gasteiger partial charge >= 0.3 is 0 Å². The van der Waals surface area contributed by atoms with Gasteiger partial charge in [-0.2, -0.15) is 0 Å². The molecule has 0 aromatic heterocycles. The summed E-state index contributed by atoms with van der Waals surface area (Å²) in [6.07, 6.45) is 2.03. The van der Waals surface area contributed by atoms with Crippen molar-refractivity contribution in [3.05, 3.63) is 23.2 Å². The van der Waals surface area contributed by atoms with Crippen LogP contribution in [0.4, 0.5) is 5.69 Å². The Kier molecular flexibility index (Phi) is 5.78. The fourth-order valence-corrected chi connectivity index (χ4v) is 2.22. The number of anilines is 1. The third kappa shape index (κ3) is 5.18. The molecule has 0 spiro atoms. The van der Waals surface area contributed by atoms with E-state index in [1.165, 1.54) is 18.2 Å². The topological polar surface area (TPSA) is 75.3 Å². The Morgan fingerprint density at radius 1 is 1.37 bits per heavy atom. The maximum atomic E-state index is 11.6. The zero-order valence-corrected chi connectivity index (χ0v) is 12.4. The lowest BCUT2D eigenvalue weighted by Crippen LogP contribution is -2.28. The van der Waals surface area contributed by atoms with E-state index in [1.807, 2.05) is 6.92 Å². The number of hydrogen-bond donors (Lipinski definition) is 2. The van der Waals surface area contributed by atoms with E-state index < -0.39 is 9.84 Å². The van der Waals surface area contributed by atoms with Crippen molar-refractivity contribution >= 4 is 33.0 Å². The molecule has 0 atom stereocenters. The highest BCUT2D eigenvalue weighted by Crippen LogP contribution is 2.25. The van der Waals surface area contributed by atoms with Crippen LogP contribution in [0.3, 0.4) is 0 Å². The highest BCUT2D eigenvalue weighted by Gasteiger charge is 2.11. The predicted octanol–water partition coefficient (Wildman–Crippen LogP) is 1.68. The molecule has 1 rings (SSSR count). The van der Waals surface area contributed by atoms with E-state index >= 15 is 0 Å². The summed E-state index contributed by atoms with van der Waals surface area (Å²) in [5.41, 5.74) is 0.299. The van der Waals surface area contributed by atoms with Crippen molar-refractivity contribution in [2.45, 2.75) is 18.2 Å². The first-order valence-electron chi connectivity index (χ1n) is 5.84. The molecule has 0 heterocycles. The molecule has 1 amide bonds. The summed E-state index contributed by atoms with van der Waals surface area (Å²) in [4.78, 5) is 11.7. The van der Waals surface area contributed by atoms with Gasteiger partial charge in [-0.1, -0.05) is 18.5 Å². The van der Waals surface area contributed by atoms with Crippen LogP contribution in [0.25, 0.3) is 0 Å². The minimum Gasteiger partial charge on any atom is -0.324 e. The van der Waals surface area contributed by atoms with Crippen LogP contribution in [0.1, 0.15) is 13.3 Å². The van der Waals surface area contributed by atoms with Gasteiger partial charge in [-0.3, -0.25) is 4.79 Å². The fourth-order valence-electron chi connectivity index (χ4n) is 1.40. The predicted molar refractivity (Wildman–Crippen MR) is 76.4 cm³/mol. The molecule has 19 heavy (non-hydrogen) atoms. The summed E-state index contributed by atoms with van der Waals surface area (Å²) in [6.45, 7) is 2.90. The van der Waals surface area contributed by atoms with Crippen LogP contribution in [-0.4, -0.2) is 33.7 Å². The zero-order valence-electron chi connectivity index (χ0n) is 10.9. The molecule has 106 valence electrons. The first-order valence-corrected chi connectivity index (χ1v) is 8.11. The van der Waals surface area contributed by atoms with E-state index in [0.29, 0.717) is 10.7 Å². The molecular weight excluding hydrogens is 288 g/mol. The average molecular weight is 305 g/mol. The largest absolute Gasteiger partial charge is 0.324 e. The Balaban J connectivity index is 2.80. The quantitative estimate of drug-likeness (QED) is 0.784. The molecule has 0 aliphatic heterocycles. The summed E-state index contributed by atoms with van der Waals surface area (Å²) >= 11 is 5.92. The lowest BCUT2D eigenvalue weighted by atomic mass is 10.3. The van der Waals surface area contributed by atoms with Gasteiger partial charge in [0.15, 0.2) is 9.84 Å². The third-order valence-corrected chi connectivity index (χ3v) is 3.79. The van der Waals surface area contributed by atoms with Crippen LogP contribution < -0.4 is 10.6 Å². The lowest BCUT2D eigenvalue weighted by molar-refractivity contribution is -0.115. The van der Waals surface area contributed by atoms with Gasteiger partial charge < -0.3 is 10.6 Å². The molecular formula is C12H17ClN2O3S. The number of benzene rings is 1. The number of amides is 1. The molecule has 0 aliphatic carbocycles. The van der Waals surface area contributed by atoms with Crippen LogP contribution in [0, 0.1) is 0 Å². The second kappa shape index (κ2) is 6.88. The fraction of sp³-hybridized carbons (Fsp3) is 0.417. The normalized spacial score (nSPS) is 11.3. The Bertz CT molecular complexity index is 558. The molecule has 0 saturated heterocycles. The van der Waals surface area contributed by atoms with Gasteiger partial charge in [-0.25, -0.2) is 8.42 Å². The minimum atomic E-state index is -3.32. The summed E-state index contributed by atoms with van der Waals surface area (Å²) in [6, 6.07) is 4.21. The molecule has 1 aromatic carbocycles. The van der Waals surface area contributed by atoms with Crippen LogP contribution in [-0.2, 0) is 14.6 Å². The number of carbonyl (C=O) groups is 1. The first kappa shape index (κ1) is 15.9. The van der Waals surface area contributed by atoms with Crippen LogP contribution in [0.2, 0.25) is 5.02 Å². The third-order valence-electron chi connectivity index (χ3n) is 2.35. The van der Waals surface area contributed by atoms with Gasteiger partial charge in [-0.15, -0.1) is 0 Å². The highest BCUT2D eigenvalue weighted by atomic mass is 35.5. The van der Waals surface area contributed by atoms with E-state index in [4.69, 9.17) is 11.6 Å². The number of rotatable bonds is 6. The molecule has 0 saturated carbocycles. The number of halogens is 1. The first-order chi connectivity index (χ1) is 8.84. The highest BCUT2D eigenvalue weighted by molar-refractivity contribution is 7.90.